The van der Waals surface area contributed by atoms with Crippen molar-refractivity contribution in [1.29, 1.82) is 0 Å². The number of benzene rings is 2. The van der Waals surface area contributed by atoms with E-state index in [0.717, 1.165) is 17.5 Å². The molecule has 3 nitrogen and oxygen atoms in total. The quantitative estimate of drug-likeness (QED) is 0.474. The fraction of sp³-hybridized carbons (Fsp3) is 0.227. The maximum atomic E-state index is 12.9. The highest BCUT2D eigenvalue weighted by atomic mass is 79.9. The molecule has 1 fully saturated rings. The minimum absolute atomic E-state index is 0.0338. The zero-order valence-electron chi connectivity index (χ0n) is 15.1. The molecule has 2 aromatic carbocycles. The second kappa shape index (κ2) is 8.03. The Morgan fingerprint density at radius 3 is 1.63 bits per heavy atom. The molecular weight excluding hydrogens is 472 g/mol. The van der Waals surface area contributed by atoms with E-state index >= 15 is 0 Å². The van der Waals surface area contributed by atoms with E-state index in [1.165, 1.54) is 0 Å². The van der Waals surface area contributed by atoms with Gasteiger partial charge in [-0.25, -0.2) is 0 Å². The van der Waals surface area contributed by atoms with Gasteiger partial charge in [0.15, 0.2) is 5.78 Å². The van der Waals surface area contributed by atoms with Gasteiger partial charge in [-0.15, -0.1) is 0 Å². The zero-order chi connectivity index (χ0) is 19.7. The van der Waals surface area contributed by atoms with Crippen molar-refractivity contribution in [2.45, 2.75) is 33.1 Å². The number of aromatic hydroxyl groups is 2. The van der Waals surface area contributed by atoms with E-state index in [-0.39, 0.29) is 17.3 Å². The molecule has 140 valence electrons. The first kappa shape index (κ1) is 19.9. The Kier molecular flexibility index (Phi) is 5.92. The number of phenols is 2. The van der Waals surface area contributed by atoms with Crippen molar-refractivity contribution in [3.63, 3.8) is 0 Å². The number of Topliss-reactive ketones (excluding diaryl/α,β-unsaturated/α-hetero) is 1. The van der Waals surface area contributed by atoms with E-state index in [4.69, 9.17) is 0 Å². The number of ketones is 1. The molecule has 27 heavy (non-hydrogen) atoms. The second-order valence-corrected chi connectivity index (χ2v) is 8.38. The molecule has 2 N–H and O–H groups in total. The number of hydrogen-bond acceptors (Lipinski definition) is 3. The number of allylic oxidation sites excluding steroid dienone is 2. The van der Waals surface area contributed by atoms with Crippen LogP contribution in [0.15, 0.2) is 44.4 Å². The van der Waals surface area contributed by atoms with Crippen LogP contribution in [0.3, 0.4) is 0 Å². The van der Waals surface area contributed by atoms with Crippen LogP contribution in [-0.2, 0) is 4.79 Å². The molecule has 1 aliphatic rings. The number of carbonyl (C=O) groups is 1. The topological polar surface area (TPSA) is 57.5 Å². The predicted molar refractivity (Wildman–Crippen MR) is 116 cm³/mol. The smallest absolute Gasteiger partial charge is 0.185 e. The molecule has 0 heterocycles. The minimum atomic E-state index is -0.0338. The average molecular weight is 492 g/mol. The molecule has 0 aromatic heterocycles. The van der Waals surface area contributed by atoms with Gasteiger partial charge in [0, 0.05) is 22.3 Å². The maximum absolute atomic E-state index is 12.9. The van der Waals surface area contributed by atoms with Crippen LogP contribution in [-0.4, -0.2) is 16.0 Å². The van der Waals surface area contributed by atoms with Gasteiger partial charge < -0.3 is 10.2 Å². The van der Waals surface area contributed by atoms with Crippen LogP contribution < -0.4 is 0 Å². The maximum Gasteiger partial charge on any atom is 0.185 e. The number of aryl methyl sites for hydroxylation is 2. The third kappa shape index (κ3) is 4.04. The van der Waals surface area contributed by atoms with Gasteiger partial charge >= 0.3 is 0 Å². The van der Waals surface area contributed by atoms with Crippen molar-refractivity contribution in [1.82, 2.24) is 0 Å². The van der Waals surface area contributed by atoms with Crippen LogP contribution in [0.25, 0.3) is 12.2 Å². The van der Waals surface area contributed by atoms with E-state index in [0.29, 0.717) is 44.1 Å². The number of phenolic OH excluding ortho intramolecular Hbond substituents is 2. The van der Waals surface area contributed by atoms with Gasteiger partial charge in [0.05, 0.1) is 8.95 Å². The van der Waals surface area contributed by atoms with Crippen LogP contribution in [0, 0.1) is 13.8 Å². The minimum Gasteiger partial charge on any atom is -0.506 e. The van der Waals surface area contributed by atoms with Crippen molar-refractivity contribution < 1.29 is 15.0 Å². The van der Waals surface area contributed by atoms with Crippen LogP contribution >= 0.6 is 31.9 Å². The first-order chi connectivity index (χ1) is 12.8. The van der Waals surface area contributed by atoms with Gasteiger partial charge in [-0.1, -0.05) is 24.3 Å². The van der Waals surface area contributed by atoms with E-state index in [1.807, 2.05) is 38.1 Å². The normalized spacial score (nSPS) is 17.7. The third-order valence-electron chi connectivity index (χ3n) is 4.82. The van der Waals surface area contributed by atoms with Crippen molar-refractivity contribution in [2.75, 3.05) is 0 Å². The Balaban J connectivity index is 1.97. The monoisotopic (exact) mass is 490 g/mol. The first-order valence-electron chi connectivity index (χ1n) is 8.71. The second-order valence-electron chi connectivity index (χ2n) is 6.79. The van der Waals surface area contributed by atoms with Gasteiger partial charge in [-0.05, 0) is 88.2 Å². The van der Waals surface area contributed by atoms with E-state index in [9.17, 15) is 15.0 Å². The summed E-state index contributed by atoms with van der Waals surface area (Å²) in [7, 11) is 0. The average Bonchev–Trinajstić information content (AvgIpc) is 2.65. The molecule has 0 radical (unpaired) electrons. The summed E-state index contributed by atoms with van der Waals surface area (Å²) < 4.78 is 1.29. The van der Waals surface area contributed by atoms with Crippen LogP contribution in [0.1, 0.15) is 41.5 Å². The van der Waals surface area contributed by atoms with Gasteiger partial charge in [0.2, 0.25) is 0 Å². The molecule has 1 saturated carbocycles. The predicted octanol–water partition coefficient (Wildman–Crippen LogP) is 6.46. The van der Waals surface area contributed by atoms with Gasteiger partial charge in [0.1, 0.15) is 11.5 Å². The molecule has 0 atom stereocenters. The number of halogens is 2. The van der Waals surface area contributed by atoms with Crippen LogP contribution in [0.2, 0.25) is 0 Å². The molecular formula is C22H20Br2O3. The Bertz CT molecular complexity index is 910. The fourth-order valence-electron chi connectivity index (χ4n) is 3.15. The van der Waals surface area contributed by atoms with Crippen molar-refractivity contribution in [3.8, 4) is 11.5 Å². The summed E-state index contributed by atoms with van der Waals surface area (Å²) in [5.74, 6) is 0.256. The molecule has 0 amide bonds. The summed E-state index contributed by atoms with van der Waals surface area (Å²) in [6.07, 6.45) is 5.72. The summed E-state index contributed by atoms with van der Waals surface area (Å²) in [6.45, 7) is 3.80. The summed E-state index contributed by atoms with van der Waals surface area (Å²) in [4.78, 5) is 12.9. The molecule has 0 saturated heterocycles. The van der Waals surface area contributed by atoms with E-state index < -0.39 is 0 Å². The molecule has 0 aliphatic heterocycles. The summed E-state index contributed by atoms with van der Waals surface area (Å²) in [5, 5.41) is 20.7. The SMILES string of the molecule is Cc1ccc(/C=C2\CCC/C(=C\c3ccc(C)c(Br)c3O)C2=O)c(O)c1Br. The Morgan fingerprint density at radius 2 is 1.22 bits per heavy atom. The number of rotatable bonds is 2. The van der Waals surface area contributed by atoms with Crippen LogP contribution in [0.4, 0.5) is 0 Å². The zero-order valence-corrected chi connectivity index (χ0v) is 18.3. The lowest BCUT2D eigenvalue weighted by Gasteiger charge is -2.17. The molecule has 0 spiro atoms. The van der Waals surface area contributed by atoms with Gasteiger partial charge in [0.25, 0.3) is 0 Å². The number of carbonyl (C=O) groups excluding carboxylic acids is 1. The molecule has 2 aromatic rings. The summed E-state index contributed by atoms with van der Waals surface area (Å²) in [5.41, 5.74) is 4.46. The van der Waals surface area contributed by atoms with Crippen LogP contribution in [0.5, 0.6) is 11.5 Å². The first-order valence-corrected chi connectivity index (χ1v) is 10.3. The van der Waals surface area contributed by atoms with Crippen molar-refractivity contribution in [2.24, 2.45) is 0 Å². The van der Waals surface area contributed by atoms with Gasteiger partial charge in [-0.2, -0.15) is 0 Å². The summed E-state index contributed by atoms with van der Waals surface area (Å²) >= 11 is 6.76. The lowest BCUT2D eigenvalue weighted by molar-refractivity contribution is -0.112. The standard InChI is InChI=1S/C22H20Br2O3/c1-12-6-8-16(21(26)18(12)23)10-14-4-3-5-15(20(14)25)11-17-9-7-13(2)19(24)22(17)27/h6-11,26-27H,3-5H2,1-2H3/b14-10+,15-11+. The molecule has 5 heteroatoms. The molecule has 0 unspecified atom stereocenters. The molecule has 3 rings (SSSR count). The van der Waals surface area contributed by atoms with Crippen molar-refractivity contribution in [3.05, 3.63) is 66.6 Å². The lowest BCUT2D eigenvalue weighted by Crippen LogP contribution is -2.12. The largest absolute Gasteiger partial charge is 0.506 e. The molecule has 0 bridgehead atoms. The Morgan fingerprint density at radius 1 is 0.815 bits per heavy atom. The Hall–Kier alpha value is -1.85. The highest BCUT2D eigenvalue weighted by Crippen LogP contribution is 2.36. The lowest BCUT2D eigenvalue weighted by atomic mass is 9.86. The van der Waals surface area contributed by atoms with E-state index in [1.54, 1.807) is 12.2 Å². The highest BCUT2D eigenvalue weighted by Gasteiger charge is 2.22. The van der Waals surface area contributed by atoms with Gasteiger partial charge in [-0.3, -0.25) is 4.79 Å². The number of hydrogen-bond donors (Lipinski definition) is 2. The molecule has 1 aliphatic carbocycles. The fourth-order valence-corrected chi connectivity index (χ4v) is 3.87. The van der Waals surface area contributed by atoms with Crippen molar-refractivity contribution >= 4 is 49.8 Å². The summed E-state index contributed by atoms with van der Waals surface area (Å²) in [6, 6.07) is 7.44. The van der Waals surface area contributed by atoms with E-state index in [2.05, 4.69) is 31.9 Å². The Labute approximate surface area is 175 Å². The third-order valence-corrected chi connectivity index (χ3v) is 6.82. The highest BCUT2D eigenvalue weighted by molar-refractivity contribution is 9.11.